The van der Waals surface area contributed by atoms with Crippen molar-refractivity contribution in [3.63, 3.8) is 0 Å². The van der Waals surface area contributed by atoms with E-state index in [1.54, 1.807) is 12.0 Å². The van der Waals surface area contributed by atoms with Gasteiger partial charge in [0.2, 0.25) is 5.82 Å². The summed E-state index contributed by atoms with van der Waals surface area (Å²) >= 11 is 0. The molecule has 1 aromatic heterocycles. The van der Waals surface area contributed by atoms with Crippen LogP contribution in [0.15, 0.2) is 54.6 Å². The quantitative estimate of drug-likeness (QED) is 0.563. The van der Waals surface area contributed by atoms with Crippen LogP contribution in [0.2, 0.25) is 0 Å². The van der Waals surface area contributed by atoms with Gasteiger partial charge in [0.25, 0.3) is 0 Å². The van der Waals surface area contributed by atoms with Crippen LogP contribution in [-0.2, 0) is 22.6 Å². The molecule has 0 aliphatic carbocycles. The Kier molecular flexibility index (Phi) is 7.29. The zero-order valence-electron chi connectivity index (χ0n) is 18.3. The van der Waals surface area contributed by atoms with Gasteiger partial charge in [-0.15, -0.1) is 10.2 Å². The zero-order chi connectivity index (χ0) is 22.2. The Morgan fingerprint density at radius 2 is 1.81 bits per heavy atom. The molecule has 1 aliphatic heterocycles. The highest BCUT2D eigenvalue weighted by atomic mass is 16.6. The van der Waals surface area contributed by atoms with Gasteiger partial charge < -0.3 is 19.3 Å². The Balaban J connectivity index is 1.31. The minimum Gasteiger partial charge on any atom is -0.445 e. The van der Waals surface area contributed by atoms with Gasteiger partial charge in [-0.3, -0.25) is 0 Å². The van der Waals surface area contributed by atoms with Gasteiger partial charge in [-0.2, -0.15) is 4.80 Å². The highest BCUT2D eigenvalue weighted by molar-refractivity contribution is 5.68. The van der Waals surface area contributed by atoms with Crippen LogP contribution < -0.4 is 4.90 Å². The maximum absolute atomic E-state index is 12.5. The van der Waals surface area contributed by atoms with Crippen molar-refractivity contribution in [2.75, 3.05) is 44.8 Å². The first-order valence-corrected chi connectivity index (χ1v) is 10.8. The van der Waals surface area contributed by atoms with Crippen LogP contribution in [0.4, 0.5) is 10.5 Å². The van der Waals surface area contributed by atoms with Gasteiger partial charge in [0.1, 0.15) is 6.61 Å². The van der Waals surface area contributed by atoms with E-state index in [9.17, 15) is 4.79 Å². The van der Waals surface area contributed by atoms with Gasteiger partial charge in [0.15, 0.2) is 0 Å². The highest BCUT2D eigenvalue weighted by Gasteiger charge is 2.20. The predicted octanol–water partition coefficient (Wildman–Crippen LogP) is 2.84. The summed E-state index contributed by atoms with van der Waals surface area (Å²) in [7, 11) is 1.65. The van der Waals surface area contributed by atoms with Crippen molar-refractivity contribution >= 4 is 11.8 Å². The van der Waals surface area contributed by atoms with E-state index in [-0.39, 0.29) is 6.09 Å². The molecule has 168 valence electrons. The number of carbonyl (C=O) groups is 1. The Bertz CT molecular complexity index is 992. The van der Waals surface area contributed by atoms with Gasteiger partial charge in [-0.25, -0.2) is 4.79 Å². The van der Waals surface area contributed by atoms with Gasteiger partial charge in [-0.05, 0) is 41.5 Å². The van der Waals surface area contributed by atoms with E-state index in [1.165, 1.54) is 4.80 Å². The van der Waals surface area contributed by atoms with Gasteiger partial charge in [0.05, 0.1) is 13.2 Å². The number of aromatic nitrogens is 4. The Morgan fingerprint density at radius 1 is 1.00 bits per heavy atom. The fraction of sp³-hybridized carbons (Fsp3) is 0.391. The van der Waals surface area contributed by atoms with Crippen LogP contribution in [0.1, 0.15) is 12.0 Å². The van der Waals surface area contributed by atoms with Crippen molar-refractivity contribution in [3.8, 4) is 11.4 Å². The number of hydrogen-bond donors (Lipinski definition) is 0. The molecular weight excluding hydrogens is 408 g/mol. The first-order valence-electron chi connectivity index (χ1n) is 10.8. The molecule has 32 heavy (non-hydrogen) atoms. The number of carbonyl (C=O) groups excluding carboxylic acids is 1. The number of hydrogen-bond acceptors (Lipinski definition) is 7. The van der Waals surface area contributed by atoms with Crippen molar-refractivity contribution in [1.29, 1.82) is 0 Å². The summed E-state index contributed by atoms with van der Waals surface area (Å²) in [4.78, 5) is 18.1. The maximum atomic E-state index is 12.5. The van der Waals surface area contributed by atoms with Crippen LogP contribution in [0.25, 0.3) is 11.4 Å². The normalized spacial score (nSPS) is 14.3. The molecule has 1 aliphatic rings. The van der Waals surface area contributed by atoms with Crippen molar-refractivity contribution in [1.82, 2.24) is 25.1 Å². The molecule has 1 saturated heterocycles. The molecule has 2 heterocycles. The molecule has 0 atom stereocenters. The maximum Gasteiger partial charge on any atom is 0.410 e. The first-order chi connectivity index (χ1) is 15.7. The Hall–Kier alpha value is -3.46. The second kappa shape index (κ2) is 10.7. The molecule has 0 unspecified atom stereocenters. The van der Waals surface area contributed by atoms with Crippen LogP contribution in [0.5, 0.6) is 0 Å². The average Bonchev–Trinajstić information content (AvgIpc) is 3.17. The molecule has 1 amide bonds. The summed E-state index contributed by atoms with van der Waals surface area (Å²) in [5.74, 6) is 0.593. The van der Waals surface area contributed by atoms with Gasteiger partial charge in [-0.1, -0.05) is 30.3 Å². The molecule has 0 spiro atoms. The summed E-state index contributed by atoms with van der Waals surface area (Å²) in [6, 6.07) is 17.9. The smallest absolute Gasteiger partial charge is 0.410 e. The van der Waals surface area contributed by atoms with Crippen molar-refractivity contribution in [2.24, 2.45) is 0 Å². The molecule has 3 aromatic rings. The van der Waals surface area contributed by atoms with Crippen molar-refractivity contribution in [3.05, 3.63) is 60.2 Å². The number of anilines is 1. The molecule has 0 saturated carbocycles. The topological polar surface area (TPSA) is 85.6 Å². The second-order valence-corrected chi connectivity index (χ2v) is 7.62. The van der Waals surface area contributed by atoms with Crippen LogP contribution >= 0.6 is 0 Å². The average molecular weight is 437 g/mol. The predicted molar refractivity (Wildman–Crippen MR) is 120 cm³/mol. The highest BCUT2D eigenvalue weighted by Crippen LogP contribution is 2.21. The molecule has 2 aromatic carbocycles. The summed E-state index contributed by atoms with van der Waals surface area (Å²) in [5.41, 5.74) is 3.02. The number of nitrogens with zero attached hydrogens (tertiary/aromatic N) is 6. The van der Waals surface area contributed by atoms with E-state index in [4.69, 9.17) is 9.47 Å². The first kappa shape index (κ1) is 21.8. The third-order valence-corrected chi connectivity index (χ3v) is 5.40. The van der Waals surface area contributed by atoms with Crippen molar-refractivity contribution < 1.29 is 14.3 Å². The molecule has 1 fully saturated rings. The lowest BCUT2D eigenvalue weighted by Gasteiger charge is -2.23. The minimum absolute atomic E-state index is 0.256. The molecule has 9 heteroatoms. The van der Waals surface area contributed by atoms with E-state index in [1.807, 2.05) is 42.5 Å². The summed E-state index contributed by atoms with van der Waals surface area (Å²) in [6.45, 7) is 4.37. The lowest BCUT2D eigenvalue weighted by Crippen LogP contribution is -2.35. The number of amides is 1. The molecule has 0 bridgehead atoms. The van der Waals surface area contributed by atoms with E-state index in [0.29, 0.717) is 38.7 Å². The third-order valence-electron chi connectivity index (χ3n) is 5.40. The van der Waals surface area contributed by atoms with Crippen LogP contribution in [0.3, 0.4) is 0 Å². The summed E-state index contributed by atoms with van der Waals surface area (Å²) in [6.07, 6.45) is 0.631. The zero-order valence-corrected chi connectivity index (χ0v) is 18.3. The van der Waals surface area contributed by atoms with Gasteiger partial charge in [0, 0.05) is 44.5 Å². The molecule has 0 radical (unpaired) electrons. The standard InChI is InChI=1S/C23H28N6O3/c1-31-17-16-29-25-22(24-26-29)20-8-10-21(11-9-20)27-12-5-13-28(15-14-27)23(30)32-18-19-6-3-2-4-7-19/h2-4,6-11H,5,12-18H2,1H3. The SMILES string of the molecule is COCCn1nnc(-c2ccc(N3CCCN(C(=O)OCc4ccccc4)CC3)cc2)n1. The van der Waals surface area contributed by atoms with Gasteiger partial charge >= 0.3 is 6.09 Å². The van der Waals surface area contributed by atoms with E-state index in [2.05, 4.69) is 32.4 Å². The van der Waals surface area contributed by atoms with Crippen LogP contribution in [0, 0.1) is 0 Å². The van der Waals surface area contributed by atoms with E-state index in [0.717, 1.165) is 36.3 Å². The number of rotatable bonds is 7. The van der Waals surface area contributed by atoms with E-state index >= 15 is 0 Å². The second-order valence-electron chi connectivity index (χ2n) is 7.62. The number of ether oxygens (including phenoxy) is 2. The molecule has 0 N–H and O–H groups in total. The fourth-order valence-corrected chi connectivity index (χ4v) is 3.62. The summed E-state index contributed by atoms with van der Waals surface area (Å²) < 4.78 is 10.5. The Labute approximate surface area is 187 Å². The third kappa shape index (κ3) is 5.61. The fourth-order valence-electron chi connectivity index (χ4n) is 3.62. The largest absolute Gasteiger partial charge is 0.445 e. The number of benzene rings is 2. The van der Waals surface area contributed by atoms with Crippen LogP contribution in [-0.4, -0.2) is 71.1 Å². The Morgan fingerprint density at radius 3 is 2.59 bits per heavy atom. The summed E-state index contributed by atoms with van der Waals surface area (Å²) in [5, 5.41) is 12.6. The van der Waals surface area contributed by atoms with E-state index < -0.39 is 0 Å². The molecular formula is C23H28N6O3. The van der Waals surface area contributed by atoms with Crippen molar-refractivity contribution in [2.45, 2.75) is 19.6 Å². The molecule has 9 nitrogen and oxygen atoms in total. The lowest BCUT2D eigenvalue weighted by atomic mass is 10.2. The number of methoxy groups -OCH3 is 1. The minimum atomic E-state index is -0.256. The monoisotopic (exact) mass is 436 g/mol. The number of tetrazole rings is 1. The molecule has 4 rings (SSSR count). The lowest BCUT2D eigenvalue weighted by molar-refractivity contribution is 0.0986.